The summed E-state index contributed by atoms with van der Waals surface area (Å²) < 4.78 is 14.6. The first kappa shape index (κ1) is 17.7. The topological polar surface area (TPSA) is 84.2 Å². The van der Waals surface area contributed by atoms with Gasteiger partial charge in [0.2, 0.25) is 0 Å². The lowest BCUT2D eigenvalue weighted by atomic mass is 10.1. The van der Waals surface area contributed by atoms with Crippen LogP contribution >= 0.6 is 0 Å². The molecule has 2 rings (SSSR count). The Labute approximate surface area is 139 Å². The lowest BCUT2D eigenvalue weighted by Crippen LogP contribution is -2.40. The van der Waals surface area contributed by atoms with Crippen molar-refractivity contribution in [2.45, 2.75) is 39.2 Å². The van der Waals surface area contributed by atoms with Gasteiger partial charge in [0.15, 0.2) is 5.69 Å². The molecule has 2 N–H and O–H groups in total. The van der Waals surface area contributed by atoms with E-state index < -0.39 is 17.9 Å². The van der Waals surface area contributed by atoms with E-state index >= 15 is 0 Å². The van der Waals surface area contributed by atoms with Crippen LogP contribution in [0.2, 0.25) is 0 Å². The van der Waals surface area contributed by atoms with Crippen molar-refractivity contribution in [1.29, 1.82) is 0 Å². The normalized spacial score (nSPS) is 12.0. The SMILES string of the molecule is CCCC[C@H](NC(=O)c1ccn(-c2ccc(F)cc2C)n1)C(=O)O. The third-order valence-electron chi connectivity index (χ3n) is 3.68. The summed E-state index contributed by atoms with van der Waals surface area (Å²) in [5, 5.41) is 15.8. The van der Waals surface area contributed by atoms with E-state index in [1.54, 1.807) is 19.2 Å². The molecule has 0 aliphatic rings. The number of hydrogen-bond donors (Lipinski definition) is 2. The monoisotopic (exact) mass is 333 g/mol. The largest absolute Gasteiger partial charge is 0.480 e. The highest BCUT2D eigenvalue weighted by molar-refractivity contribution is 5.94. The maximum absolute atomic E-state index is 13.2. The van der Waals surface area contributed by atoms with E-state index in [-0.39, 0.29) is 11.5 Å². The first-order chi connectivity index (χ1) is 11.4. The molecule has 1 heterocycles. The maximum atomic E-state index is 13.2. The summed E-state index contributed by atoms with van der Waals surface area (Å²) in [7, 11) is 0. The predicted molar refractivity (Wildman–Crippen MR) is 86.7 cm³/mol. The lowest BCUT2D eigenvalue weighted by molar-refractivity contribution is -0.139. The number of unbranched alkanes of at least 4 members (excludes halogenated alkanes) is 1. The van der Waals surface area contributed by atoms with Crippen molar-refractivity contribution in [2.24, 2.45) is 0 Å². The number of benzene rings is 1. The average molecular weight is 333 g/mol. The zero-order valence-electron chi connectivity index (χ0n) is 13.6. The van der Waals surface area contributed by atoms with Gasteiger partial charge in [-0.1, -0.05) is 19.8 Å². The summed E-state index contributed by atoms with van der Waals surface area (Å²) in [6, 6.07) is 4.82. The van der Waals surface area contributed by atoms with E-state index in [4.69, 9.17) is 5.11 Å². The molecule has 0 bridgehead atoms. The lowest BCUT2D eigenvalue weighted by Gasteiger charge is -2.13. The molecule has 0 aliphatic carbocycles. The molecular formula is C17H20FN3O3. The summed E-state index contributed by atoms with van der Waals surface area (Å²) in [5.41, 5.74) is 1.44. The average Bonchev–Trinajstić information content (AvgIpc) is 3.00. The molecule has 0 unspecified atom stereocenters. The second kappa shape index (κ2) is 7.72. The van der Waals surface area contributed by atoms with Crippen LogP contribution in [0.1, 0.15) is 42.2 Å². The summed E-state index contributed by atoms with van der Waals surface area (Å²) >= 11 is 0. The fourth-order valence-corrected chi connectivity index (χ4v) is 2.35. The fourth-order valence-electron chi connectivity index (χ4n) is 2.35. The Bertz CT molecular complexity index is 742. The molecule has 1 amide bonds. The second-order valence-corrected chi connectivity index (χ2v) is 5.58. The number of carboxylic acids is 1. The summed E-state index contributed by atoms with van der Waals surface area (Å²) in [6.07, 6.45) is 3.50. The van der Waals surface area contributed by atoms with Crippen LogP contribution in [0.4, 0.5) is 4.39 Å². The Hall–Kier alpha value is -2.70. The van der Waals surface area contributed by atoms with Crippen molar-refractivity contribution < 1.29 is 19.1 Å². The quantitative estimate of drug-likeness (QED) is 0.816. The van der Waals surface area contributed by atoms with Gasteiger partial charge in [0.25, 0.3) is 5.91 Å². The molecule has 6 nitrogen and oxygen atoms in total. The Morgan fingerprint density at radius 2 is 2.12 bits per heavy atom. The van der Waals surface area contributed by atoms with E-state index in [2.05, 4.69) is 10.4 Å². The molecular weight excluding hydrogens is 313 g/mol. The van der Waals surface area contributed by atoms with Crippen molar-refractivity contribution in [3.05, 3.63) is 47.5 Å². The first-order valence-corrected chi connectivity index (χ1v) is 7.78. The Kier molecular flexibility index (Phi) is 5.68. The molecule has 0 saturated carbocycles. The third kappa shape index (κ3) is 4.18. The number of halogens is 1. The number of carboxylic acid groups (broad SMARTS) is 1. The zero-order valence-corrected chi connectivity index (χ0v) is 13.6. The van der Waals surface area contributed by atoms with Crippen LogP contribution in [0.15, 0.2) is 30.5 Å². The molecule has 1 atom stereocenters. The van der Waals surface area contributed by atoms with Crippen LogP contribution in [0.5, 0.6) is 0 Å². The number of nitrogens with zero attached hydrogens (tertiary/aromatic N) is 2. The molecule has 1 aromatic heterocycles. The third-order valence-corrected chi connectivity index (χ3v) is 3.68. The minimum Gasteiger partial charge on any atom is -0.480 e. The molecule has 0 saturated heterocycles. The first-order valence-electron chi connectivity index (χ1n) is 7.78. The van der Waals surface area contributed by atoms with Gasteiger partial charge in [-0.15, -0.1) is 0 Å². The van der Waals surface area contributed by atoms with Gasteiger partial charge in [-0.25, -0.2) is 13.9 Å². The van der Waals surface area contributed by atoms with Gasteiger partial charge in [-0.05, 0) is 43.2 Å². The van der Waals surface area contributed by atoms with Gasteiger partial charge in [0.05, 0.1) is 5.69 Å². The molecule has 2 aromatic rings. The molecule has 1 aromatic carbocycles. The Morgan fingerprint density at radius 1 is 1.38 bits per heavy atom. The zero-order chi connectivity index (χ0) is 17.7. The second-order valence-electron chi connectivity index (χ2n) is 5.58. The minimum atomic E-state index is -1.06. The number of aliphatic carboxylic acids is 1. The number of carbonyl (C=O) groups excluding carboxylic acids is 1. The van der Waals surface area contributed by atoms with Crippen molar-refractivity contribution in [3.8, 4) is 5.69 Å². The number of nitrogens with one attached hydrogen (secondary N) is 1. The van der Waals surface area contributed by atoms with Gasteiger partial charge in [0, 0.05) is 6.20 Å². The van der Waals surface area contributed by atoms with Gasteiger partial charge < -0.3 is 10.4 Å². The molecule has 0 fully saturated rings. The van der Waals surface area contributed by atoms with Crippen LogP contribution in [-0.2, 0) is 4.79 Å². The van der Waals surface area contributed by atoms with Crippen molar-refractivity contribution in [2.75, 3.05) is 0 Å². The predicted octanol–water partition coefficient (Wildman–Crippen LogP) is 2.69. The van der Waals surface area contributed by atoms with E-state index in [1.165, 1.54) is 22.9 Å². The highest BCUT2D eigenvalue weighted by Gasteiger charge is 2.21. The Balaban J connectivity index is 2.14. The standard InChI is InChI=1S/C17H20FN3O3/c1-3-4-5-14(17(23)24)19-16(22)13-8-9-21(20-13)15-7-6-12(18)10-11(15)2/h6-10,14H,3-5H2,1-2H3,(H,19,22)(H,23,24)/t14-/m0/s1. The van der Waals surface area contributed by atoms with Crippen LogP contribution in [-0.4, -0.2) is 32.8 Å². The summed E-state index contributed by atoms with van der Waals surface area (Å²) in [5.74, 6) is -1.95. The van der Waals surface area contributed by atoms with Gasteiger partial charge in [0.1, 0.15) is 11.9 Å². The maximum Gasteiger partial charge on any atom is 0.326 e. The van der Waals surface area contributed by atoms with Gasteiger partial charge >= 0.3 is 5.97 Å². The number of amides is 1. The molecule has 24 heavy (non-hydrogen) atoms. The molecule has 7 heteroatoms. The molecule has 0 aliphatic heterocycles. The summed E-state index contributed by atoms with van der Waals surface area (Å²) in [4.78, 5) is 23.4. The van der Waals surface area contributed by atoms with E-state index in [0.29, 0.717) is 24.1 Å². The number of rotatable bonds is 7. The van der Waals surface area contributed by atoms with E-state index in [9.17, 15) is 14.0 Å². The number of hydrogen-bond acceptors (Lipinski definition) is 3. The van der Waals surface area contributed by atoms with Crippen molar-refractivity contribution >= 4 is 11.9 Å². The van der Waals surface area contributed by atoms with Crippen molar-refractivity contribution in [3.63, 3.8) is 0 Å². The highest BCUT2D eigenvalue weighted by Crippen LogP contribution is 2.15. The smallest absolute Gasteiger partial charge is 0.326 e. The number of aryl methyl sites for hydroxylation is 1. The van der Waals surface area contributed by atoms with Crippen LogP contribution in [0.3, 0.4) is 0 Å². The summed E-state index contributed by atoms with van der Waals surface area (Å²) in [6.45, 7) is 3.69. The fraction of sp³-hybridized carbons (Fsp3) is 0.353. The Morgan fingerprint density at radius 3 is 2.75 bits per heavy atom. The van der Waals surface area contributed by atoms with Gasteiger partial charge in [-0.3, -0.25) is 4.79 Å². The van der Waals surface area contributed by atoms with Crippen LogP contribution in [0.25, 0.3) is 5.69 Å². The van der Waals surface area contributed by atoms with Crippen LogP contribution < -0.4 is 5.32 Å². The highest BCUT2D eigenvalue weighted by atomic mass is 19.1. The molecule has 128 valence electrons. The van der Waals surface area contributed by atoms with Crippen LogP contribution in [0, 0.1) is 12.7 Å². The minimum absolute atomic E-state index is 0.112. The molecule has 0 radical (unpaired) electrons. The number of aromatic nitrogens is 2. The van der Waals surface area contributed by atoms with E-state index in [1.807, 2.05) is 6.92 Å². The van der Waals surface area contributed by atoms with Crippen molar-refractivity contribution in [1.82, 2.24) is 15.1 Å². The van der Waals surface area contributed by atoms with Gasteiger partial charge in [-0.2, -0.15) is 5.10 Å². The number of carbonyl (C=O) groups is 2. The molecule has 0 spiro atoms. The van der Waals surface area contributed by atoms with E-state index in [0.717, 1.165) is 6.42 Å².